The van der Waals surface area contributed by atoms with Crippen LogP contribution in [0.15, 0.2) is 0 Å². The molecule has 118 valence electrons. The van der Waals surface area contributed by atoms with Crippen molar-refractivity contribution in [2.24, 2.45) is 0 Å². The second kappa shape index (κ2) is 8.42. The Hall–Kier alpha value is -0.0300. The first-order chi connectivity index (χ1) is 8.84. The molecular formula is C14H27Cl2N3O. The third-order valence-electron chi connectivity index (χ3n) is 4.51. The van der Waals surface area contributed by atoms with Gasteiger partial charge in [-0.2, -0.15) is 0 Å². The maximum Gasteiger partial charge on any atom is 0.237 e. The van der Waals surface area contributed by atoms with Gasteiger partial charge in [0.25, 0.3) is 0 Å². The van der Waals surface area contributed by atoms with Crippen molar-refractivity contribution in [1.82, 2.24) is 15.1 Å². The summed E-state index contributed by atoms with van der Waals surface area (Å²) >= 11 is 0. The molecule has 20 heavy (non-hydrogen) atoms. The number of hydrogen-bond donors (Lipinski definition) is 1. The minimum absolute atomic E-state index is 0. The molecule has 0 aromatic rings. The average Bonchev–Trinajstić information content (AvgIpc) is 3.05. The largest absolute Gasteiger partial charge is 0.336 e. The van der Waals surface area contributed by atoms with Crippen molar-refractivity contribution in [3.05, 3.63) is 0 Å². The molecule has 3 rings (SSSR count). The standard InChI is InChI=1S/C14H25N3O.2ClH/c18-14(11-16-9-7-15-8-10-16)17(13-5-6-13)12-3-1-2-4-12;;/h12-13,15H,1-11H2;2*1H. The monoisotopic (exact) mass is 323 g/mol. The minimum Gasteiger partial charge on any atom is -0.336 e. The first-order valence-corrected chi connectivity index (χ1v) is 7.59. The SMILES string of the molecule is Cl.Cl.O=C(CN1CCNCC1)N(C1CCCC1)C1CC1. The highest BCUT2D eigenvalue weighted by molar-refractivity contribution is 5.85. The van der Waals surface area contributed by atoms with E-state index in [2.05, 4.69) is 15.1 Å². The van der Waals surface area contributed by atoms with Crippen molar-refractivity contribution in [3.63, 3.8) is 0 Å². The smallest absolute Gasteiger partial charge is 0.237 e. The molecule has 1 saturated heterocycles. The molecule has 1 heterocycles. The molecule has 1 aliphatic heterocycles. The van der Waals surface area contributed by atoms with Crippen LogP contribution < -0.4 is 5.32 Å². The van der Waals surface area contributed by atoms with E-state index in [1.165, 1.54) is 38.5 Å². The summed E-state index contributed by atoms with van der Waals surface area (Å²) in [6.07, 6.45) is 7.59. The van der Waals surface area contributed by atoms with Crippen LogP contribution >= 0.6 is 24.8 Å². The van der Waals surface area contributed by atoms with Crippen LogP contribution in [0.1, 0.15) is 38.5 Å². The van der Waals surface area contributed by atoms with Gasteiger partial charge in [-0.1, -0.05) is 12.8 Å². The maximum atomic E-state index is 12.5. The summed E-state index contributed by atoms with van der Waals surface area (Å²) in [7, 11) is 0. The molecule has 0 aromatic carbocycles. The molecule has 6 heteroatoms. The Morgan fingerprint density at radius 3 is 2.10 bits per heavy atom. The van der Waals surface area contributed by atoms with E-state index in [1.807, 2.05) is 0 Å². The zero-order valence-electron chi connectivity index (χ0n) is 12.1. The number of hydrogen-bond acceptors (Lipinski definition) is 3. The molecule has 0 radical (unpaired) electrons. The van der Waals surface area contributed by atoms with Crippen molar-refractivity contribution in [1.29, 1.82) is 0 Å². The highest BCUT2D eigenvalue weighted by Gasteiger charge is 2.38. The number of carbonyl (C=O) groups is 1. The predicted octanol–water partition coefficient (Wildman–Crippen LogP) is 1.67. The van der Waals surface area contributed by atoms with Gasteiger partial charge in [0.15, 0.2) is 0 Å². The van der Waals surface area contributed by atoms with Crippen molar-refractivity contribution in [2.45, 2.75) is 50.6 Å². The molecule has 0 atom stereocenters. The number of amides is 1. The average molecular weight is 324 g/mol. The molecular weight excluding hydrogens is 297 g/mol. The molecule has 3 fully saturated rings. The molecule has 3 aliphatic rings. The number of nitrogens with one attached hydrogen (secondary N) is 1. The molecule has 0 unspecified atom stereocenters. The summed E-state index contributed by atoms with van der Waals surface area (Å²) < 4.78 is 0. The summed E-state index contributed by atoms with van der Waals surface area (Å²) in [5.41, 5.74) is 0. The summed E-state index contributed by atoms with van der Waals surface area (Å²) in [6, 6.07) is 1.15. The number of carbonyl (C=O) groups excluding carboxylic acids is 1. The quantitative estimate of drug-likeness (QED) is 0.854. The van der Waals surface area contributed by atoms with Crippen LogP contribution in [0.2, 0.25) is 0 Å². The van der Waals surface area contributed by atoms with E-state index in [-0.39, 0.29) is 24.8 Å². The first-order valence-electron chi connectivity index (χ1n) is 7.59. The van der Waals surface area contributed by atoms with Gasteiger partial charge in [0.2, 0.25) is 5.91 Å². The van der Waals surface area contributed by atoms with E-state index in [0.29, 0.717) is 24.5 Å². The van der Waals surface area contributed by atoms with Gasteiger partial charge in [-0.15, -0.1) is 24.8 Å². The van der Waals surface area contributed by atoms with Gasteiger partial charge in [-0.3, -0.25) is 9.69 Å². The number of halogens is 2. The first kappa shape index (κ1) is 18.0. The van der Waals surface area contributed by atoms with Crippen LogP contribution in [0.4, 0.5) is 0 Å². The minimum atomic E-state index is 0. The van der Waals surface area contributed by atoms with Gasteiger partial charge in [0.05, 0.1) is 6.54 Å². The summed E-state index contributed by atoms with van der Waals surface area (Å²) in [4.78, 5) is 17.1. The lowest BCUT2D eigenvalue weighted by Crippen LogP contribution is -2.50. The molecule has 0 spiro atoms. The Labute approximate surface area is 134 Å². The fraction of sp³-hybridized carbons (Fsp3) is 0.929. The summed E-state index contributed by atoms with van der Waals surface area (Å²) in [6.45, 7) is 4.75. The molecule has 4 nitrogen and oxygen atoms in total. The van der Waals surface area contributed by atoms with Crippen LogP contribution in [-0.4, -0.2) is 60.5 Å². The Bertz CT molecular complexity index is 301. The van der Waals surface area contributed by atoms with E-state index in [9.17, 15) is 4.79 Å². The Kier molecular flexibility index (Phi) is 7.59. The van der Waals surface area contributed by atoms with Crippen molar-refractivity contribution in [2.75, 3.05) is 32.7 Å². The van der Waals surface area contributed by atoms with Crippen molar-refractivity contribution >= 4 is 30.7 Å². The fourth-order valence-electron chi connectivity index (χ4n) is 3.38. The fourth-order valence-corrected chi connectivity index (χ4v) is 3.38. The maximum absolute atomic E-state index is 12.5. The van der Waals surface area contributed by atoms with Gasteiger partial charge in [-0.25, -0.2) is 0 Å². The number of nitrogens with zero attached hydrogens (tertiary/aromatic N) is 2. The van der Waals surface area contributed by atoms with Gasteiger partial charge < -0.3 is 10.2 Å². The zero-order valence-corrected chi connectivity index (χ0v) is 13.7. The van der Waals surface area contributed by atoms with Crippen LogP contribution in [0.5, 0.6) is 0 Å². The number of piperazine rings is 1. The predicted molar refractivity (Wildman–Crippen MR) is 85.9 cm³/mol. The van der Waals surface area contributed by atoms with E-state index in [1.54, 1.807) is 0 Å². The second-order valence-corrected chi connectivity index (χ2v) is 6.00. The normalized spacial score (nSPS) is 23.8. The van der Waals surface area contributed by atoms with Crippen LogP contribution in [0.3, 0.4) is 0 Å². The van der Waals surface area contributed by atoms with Crippen molar-refractivity contribution in [3.8, 4) is 0 Å². The highest BCUT2D eigenvalue weighted by Crippen LogP contribution is 2.34. The zero-order chi connectivity index (χ0) is 12.4. The van der Waals surface area contributed by atoms with Crippen LogP contribution in [-0.2, 0) is 4.79 Å². The molecule has 0 aromatic heterocycles. The summed E-state index contributed by atoms with van der Waals surface area (Å²) in [5, 5.41) is 3.34. The Balaban J connectivity index is 0.000001000. The van der Waals surface area contributed by atoms with E-state index in [0.717, 1.165) is 26.2 Å². The Morgan fingerprint density at radius 1 is 1.00 bits per heavy atom. The van der Waals surface area contributed by atoms with Crippen LogP contribution in [0, 0.1) is 0 Å². The lowest BCUT2D eigenvalue weighted by molar-refractivity contribution is -0.135. The molecule has 2 aliphatic carbocycles. The number of rotatable bonds is 4. The second-order valence-electron chi connectivity index (χ2n) is 6.00. The van der Waals surface area contributed by atoms with E-state index < -0.39 is 0 Å². The third-order valence-corrected chi connectivity index (χ3v) is 4.51. The van der Waals surface area contributed by atoms with Crippen LogP contribution in [0.25, 0.3) is 0 Å². The van der Waals surface area contributed by atoms with E-state index in [4.69, 9.17) is 0 Å². The van der Waals surface area contributed by atoms with Crippen molar-refractivity contribution < 1.29 is 4.79 Å². The van der Waals surface area contributed by atoms with Gasteiger partial charge in [0, 0.05) is 38.3 Å². The van der Waals surface area contributed by atoms with Gasteiger partial charge in [0.1, 0.15) is 0 Å². The molecule has 1 N–H and O–H groups in total. The lowest BCUT2D eigenvalue weighted by atomic mass is 10.2. The Morgan fingerprint density at radius 2 is 1.55 bits per heavy atom. The molecule has 1 amide bonds. The topological polar surface area (TPSA) is 35.6 Å². The molecule has 0 bridgehead atoms. The van der Waals surface area contributed by atoms with Gasteiger partial charge >= 0.3 is 0 Å². The van der Waals surface area contributed by atoms with E-state index >= 15 is 0 Å². The van der Waals surface area contributed by atoms with Gasteiger partial charge in [-0.05, 0) is 25.7 Å². The molecule has 2 saturated carbocycles. The highest BCUT2D eigenvalue weighted by atomic mass is 35.5. The third kappa shape index (κ3) is 4.48. The summed E-state index contributed by atoms with van der Waals surface area (Å²) in [5.74, 6) is 0.395. The lowest BCUT2D eigenvalue weighted by Gasteiger charge is -2.33.